The molecule has 0 heterocycles. The number of ether oxygens (including phenoxy) is 2. The van der Waals surface area contributed by atoms with E-state index in [9.17, 15) is 5.11 Å². The predicted octanol–water partition coefficient (Wildman–Crippen LogP) is 2.48. The maximum Gasteiger partial charge on any atom is 0.160 e. The van der Waals surface area contributed by atoms with Crippen LogP contribution in [0.15, 0.2) is 18.2 Å². The van der Waals surface area contributed by atoms with Gasteiger partial charge in [0.25, 0.3) is 0 Å². The third-order valence-corrected chi connectivity index (χ3v) is 2.68. The molecule has 96 valence electrons. The highest BCUT2D eigenvalue weighted by Crippen LogP contribution is 2.29. The van der Waals surface area contributed by atoms with Gasteiger partial charge >= 0.3 is 0 Å². The van der Waals surface area contributed by atoms with Crippen LogP contribution in [0.5, 0.6) is 11.5 Å². The van der Waals surface area contributed by atoms with Crippen molar-refractivity contribution in [3.63, 3.8) is 0 Å². The fourth-order valence-electron chi connectivity index (χ4n) is 1.57. The van der Waals surface area contributed by atoms with Crippen molar-refractivity contribution in [1.82, 2.24) is 0 Å². The molecule has 0 aliphatic rings. The largest absolute Gasteiger partial charge is 0.504 e. The molecule has 17 heavy (non-hydrogen) atoms. The normalized spacial score (nSPS) is 12.5. The molecule has 0 aromatic heterocycles. The van der Waals surface area contributed by atoms with E-state index in [-0.39, 0.29) is 11.8 Å². The van der Waals surface area contributed by atoms with Crippen molar-refractivity contribution in [2.45, 2.75) is 19.9 Å². The van der Waals surface area contributed by atoms with E-state index in [0.29, 0.717) is 18.3 Å². The van der Waals surface area contributed by atoms with Gasteiger partial charge < -0.3 is 19.9 Å². The van der Waals surface area contributed by atoms with Crippen LogP contribution >= 0.6 is 0 Å². The lowest BCUT2D eigenvalue weighted by atomic mass is 10.0. The molecule has 4 heteroatoms. The smallest absolute Gasteiger partial charge is 0.160 e. The summed E-state index contributed by atoms with van der Waals surface area (Å²) in [4.78, 5) is 0. The fourth-order valence-corrected chi connectivity index (χ4v) is 1.57. The van der Waals surface area contributed by atoms with Gasteiger partial charge in [-0.1, -0.05) is 13.8 Å². The van der Waals surface area contributed by atoms with E-state index in [1.54, 1.807) is 19.2 Å². The van der Waals surface area contributed by atoms with E-state index in [0.717, 1.165) is 5.69 Å². The van der Waals surface area contributed by atoms with Crippen LogP contribution in [0.2, 0.25) is 0 Å². The summed E-state index contributed by atoms with van der Waals surface area (Å²) in [5.41, 5.74) is 0.860. The SMILES string of the molecule is COCC(Nc1ccc(OC)c(O)c1)C(C)C. The molecule has 0 spiro atoms. The molecule has 1 unspecified atom stereocenters. The lowest BCUT2D eigenvalue weighted by Gasteiger charge is -2.23. The van der Waals surface area contributed by atoms with Gasteiger partial charge in [0.05, 0.1) is 19.8 Å². The van der Waals surface area contributed by atoms with Crippen molar-refractivity contribution in [1.29, 1.82) is 0 Å². The molecule has 1 aromatic rings. The molecule has 1 rings (SSSR count). The monoisotopic (exact) mass is 239 g/mol. The van der Waals surface area contributed by atoms with Crippen molar-refractivity contribution < 1.29 is 14.6 Å². The Morgan fingerprint density at radius 3 is 2.47 bits per heavy atom. The highest BCUT2D eigenvalue weighted by Gasteiger charge is 2.13. The number of anilines is 1. The van der Waals surface area contributed by atoms with Crippen LogP contribution in [0.25, 0.3) is 0 Å². The van der Waals surface area contributed by atoms with Crippen LogP contribution in [0.3, 0.4) is 0 Å². The molecule has 0 saturated carbocycles. The van der Waals surface area contributed by atoms with Crippen LogP contribution in [-0.2, 0) is 4.74 Å². The van der Waals surface area contributed by atoms with Crippen molar-refractivity contribution in [2.75, 3.05) is 26.1 Å². The number of methoxy groups -OCH3 is 2. The van der Waals surface area contributed by atoms with E-state index in [2.05, 4.69) is 19.2 Å². The molecule has 0 fully saturated rings. The number of rotatable bonds is 6. The summed E-state index contributed by atoms with van der Waals surface area (Å²) in [6, 6.07) is 5.49. The predicted molar refractivity (Wildman–Crippen MR) is 68.8 cm³/mol. The first-order chi connectivity index (χ1) is 8.08. The zero-order valence-corrected chi connectivity index (χ0v) is 10.9. The average molecular weight is 239 g/mol. The summed E-state index contributed by atoms with van der Waals surface area (Å²) in [5.74, 6) is 1.06. The van der Waals surface area contributed by atoms with Gasteiger partial charge in [-0.15, -0.1) is 0 Å². The topological polar surface area (TPSA) is 50.7 Å². The van der Waals surface area contributed by atoms with E-state index >= 15 is 0 Å². The maximum absolute atomic E-state index is 9.68. The first-order valence-electron chi connectivity index (χ1n) is 5.71. The molecule has 1 atom stereocenters. The molecular formula is C13H21NO3. The summed E-state index contributed by atoms with van der Waals surface area (Å²) in [6.45, 7) is 4.88. The second-order valence-corrected chi connectivity index (χ2v) is 4.34. The minimum atomic E-state index is 0.137. The molecule has 0 bridgehead atoms. The highest BCUT2D eigenvalue weighted by molar-refractivity contribution is 5.54. The molecule has 1 aromatic carbocycles. The van der Waals surface area contributed by atoms with Crippen molar-refractivity contribution in [3.8, 4) is 11.5 Å². The van der Waals surface area contributed by atoms with Crippen molar-refractivity contribution >= 4 is 5.69 Å². The second kappa shape index (κ2) is 6.35. The molecule has 0 aliphatic heterocycles. The standard InChI is InChI=1S/C13H21NO3/c1-9(2)11(8-16-3)14-10-5-6-13(17-4)12(15)7-10/h5-7,9,11,14-15H,8H2,1-4H3. The Morgan fingerprint density at radius 2 is 2.00 bits per heavy atom. The highest BCUT2D eigenvalue weighted by atomic mass is 16.5. The lowest BCUT2D eigenvalue weighted by molar-refractivity contribution is 0.171. The Kier molecular flexibility index (Phi) is 5.10. The zero-order valence-electron chi connectivity index (χ0n) is 10.9. The maximum atomic E-state index is 9.68. The van der Waals surface area contributed by atoms with Gasteiger partial charge in [-0.3, -0.25) is 0 Å². The number of phenolic OH excluding ortho intramolecular Hbond substituents is 1. The molecule has 0 saturated heterocycles. The number of nitrogens with one attached hydrogen (secondary N) is 1. The summed E-state index contributed by atoms with van der Waals surface area (Å²) in [6.07, 6.45) is 0. The Morgan fingerprint density at radius 1 is 1.29 bits per heavy atom. The van der Waals surface area contributed by atoms with Gasteiger partial charge in [0, 0.05) is 18.9 Å². The van der Waals surface area contributed by atoms with Crippen LogP contribution in [0, 0.1) is 5.92 Å². The Balaban J connectivity index is 2.76. The number of aromatic hydroxyl groups is 1. The summed E-state index contributed by atoms with van der Waals surface area (Å²) in [5, 5.41) is 13.0. The molecule has 4 nitrogen and oxygen atoms in total. The molecule has 0 aliphatic carbocycles. The van der Waals surface area contributed by atoms with Gasteiger partial charge in [-0.05, 0) is 18.1 Å². The van der Waals surface area contributed by atoms with Gasteiger partial charge in [0.1, 0.15) is 0 Å². The van der Waals surface area contributed by atoms with E-state index in [1.807, 2.05) is 6.07 Å². The molecular weight excluding hydrogens is 218 g/mol. The van der Waals surface area contributed by atoms with Gasteiger partial charge in [0.15, 0.2) is 11.5 Å². The first-order valence-corrected chi connectivity index (χ1v) is 5.71. The van der Waals surface area contributed by atoms with E-state index < -0.39 is 0 Å². The Hall–Kier alpha value is -1.42. The Bertz CT molecular complexity index is 353. The summed E-state index contributed by atoms with van der Waals surface area (Å²) in [7, 11) is 3.21. The third kappa shape index (κ3) is 3.82. The molecule has 2 N–H and O–H groups in total. The number of phenols is 1. The van der Waals surface area contributed by atoms with E-state index in [4.69, 9.17) is 9.47 Å². The number of hydrogen-bond acceptors (Lipinski definition) is 4. The third-order valence-electron chi connectivity index (χ3n) is 2.68. The Labute approximate surface area is 103 Å². The number of hydrogen-bond donors (Lipinski definition) is 2. The lowest BCUT2D eigenvalue weighted by Crippen LogP contribution is -2.30. The zero-order chi connectivity index (χ0) is 12.8. The van der Waals surface area contributed by atoms with Crippen LogP contribution in [0.1, 0.15) is 13.8 Å². The van der Waals surface area contributed by atoms with E-state index in [1.165, 1.54) is 7.11 Å². The fraction of sp³-hybridized carbons (Fsp3) is 0.538. The quantitative estimate of drug-likeness (QED) is 0.800. The van der Waals surface area contributed by atoms with Crippen molar-refractivity contribution in [2.24, 2.45) is 5.92 Å². The van der Waals surface area contributed by atoms with Crippen LogP contribution < -0.4 is 10.1 Å². The van der Waals surface area contributed by atoms with Crippen LogP contribution in [-0.4, -0.2) is 32.0 Å². The van der Waals surface area contributed by atoms with Gasteiger partial charge in [-0.2, -0.15) is 0 Å². The average Bonchev–Trinajstić information content (AvgIpc) is 2.28. The molecule has 0 amide bonds. The molecule has 0 radical (unpaired) electrons. The first kappa shape index (κ1) is 13.6. The second-order valence-electron chi connectivity index (χ2n) is 4.34. The minimum absolute atomic E-state index is 0.137. The van der Waals surface area contributed by atoms with Crippen LogP contribution in [0.4, 0.5) is 5.69 Å². The minimum Gasteiger partial charge on any atom is -0.504 e. The van der Waals surface area contributed by atoms with Crippen molar-refractivity contribution in [3.05, 3.63) is 18.2 Å². The summed E-state index contributed by atoms with van der Waals surface area (Å²) < 4.78 is 10.2. The summed E-state index contributed by atoms with van der Waals surface area (Å²) >= 11 is 0. The number of benzene rings is 1. The van der Waals surface area contributed by atoms with Gasteiger partial charge in [-0.25, -0.2) is 0 Å². The van der Waals surface area contributed by atoms with Gasteiger partial charge in [0.2, 0.25) is 0 Å².